The zero-order valence-electron chi connectivity index (χ0n) is 11.3. The van der Waals surface area contributed by atoms with E-state index in [4.69, 9.17) is 0 Å². The number of aromatic nitrogens is 1. The van der Waals surface area contributed by atoms with E-state index in [0.717, 1.165) is 25.7 Å². The van der Waals surface area contributed by atoms with Crippen molar-refractivity contribution in [2.75, 3.05) is 0 Å². The highest BCUT2D eigenvalue weighted by atomic mass is 16.6. The van der Waals surface area contributed by atoms with E-state index in [1.54, 1.807) is 18.3 Å². The summed E-state index contributed by atoms with van der Waals surface area (Å²) >= 11 is 0. The molecule has 3 rings (SSSR count). The van der Waals surface area contributed by atoms with Crippen LogP contribution in [0, 0.1) is 15.5 Å². The molecule has 0 saturated heterocycles. The number of carbonyl (C=O) groups is 1. The minimum atomic E-state index is -0.426. The van der Waals surface area contributed by atoms with Crippen LogP contribution in [0.1, 0.15) is 43.0 Å². The van der Waals surface area contributed by atoms with Crippen LogP contribution in [0.4, 0.5) is 5.69 Å². The highest BCUT2D eigenvalue weighted by Gasteiger charge is 2.37. The Morgan fingerprint density at radius 1 is 1.35 bits per heavy atom. The molecule has 104 valence electrons. The molecule has 0 bridgehead atoms. The van der Waals surface area contributed by atoms with Crippen molar-refractivity contribution in [2.24, 2.45) is 5.41 Å². The van der Waals surface area contributed by atoms with Gasteiger partial charge in [-0.3, -0.25) is 14.9 Å². The molecule has 0 spiro atoms. The summed E-state index contributed by atoms with van der Waals surface area (Å²) in [6.07, 6.45) is 5.56. The molecule has 5 heteroatoms. The number of non-ortho nitro benzene ring substituents is 1. The molecule has 1 saturated carbocycles. The van der Waals surface area contributed by atoms with Gasteiger partial charge in [-0.05, 0) is 12.8 Å². The van der Waals surface area contributed by atoms with E-state index >= 15 is 0 Å². The number of nitro groups is 1. The van der Waals surface area contributed by atoms with Crippen molar-refractivity contribution < 1.29 is 9.72 Å². The maximum atomic E-state index is 12.7. The lowest BCUT2D eigenvalue weighted by Gasteiger charge is -2.21. The second-order valence-electron chi connectivity index (χ2n) is 5.76. The molecule has 0 amide bonds. The minimum Gasteiger partial charge on any atom is -0.355 e. The summed E-state index contributed by atoms with van der Waals surface area (Å²) in [5.74, 6) is 0.0988. The van der Waals surface area contributed by atoms with Gasteiger partial charge in [0.05, 0.1) is 4.92 Å². The first-order chi connectivity index (χ1) is 9.53. The van der Waals surface area contributed by atoms with Crippen LogP contribution < -0.4 is 0 Å². The Kier molecular flexibility index (Phi) is 2.85. The molecule has 20 heavy (non-hydrogen) atoms. The van der Waals surface area contributed by atoms with Crippen LogP contribution in [0.2, 0.25) is 0 Å². The number of fused-ring (bicyclic) bond motifs is 1. The molecule has 2 aromatic rings. The van der Waals surface area contributed by atoms with Crippen LogP contribution in [0.15, 0.2) is 24.4 Å². The van der Waals surface area contributed by atoms with E-state index in [-0.39, 0.29) is 16.9 Å². The minimum absolute atomic E-state index is 0.0122. The van der Waals surface area contributed by atoms with Gasteiger partial charge in [0.25, 0.3) is 5.69 Å². The van der Waals surface area contributed by atoms with Crippen molar-refractivity contribution in [1.29, 1.82) is 0 Å². The molecule has 1 N–H and O–H groups in total. The molecule has 5 nitrogen and oxygen atoms in total. The van der Waals surface area contributed by atoms with E-state index in [1.807, 2.05) is 6.92 Å². The molecule has 1 aliphatic carbocycles. The molecule has 1 heterocycles. The van der Waals surface area contributed by atoms with Crippen molar-refractivity contribution in [1.82, 2.24) is 4.98 Å². The zero-order valence-corrected chi connectivity index (χ0v) is 11.3. The number of H-pyrrole nitrogens is 1. The van der Waals surface area contributed by atoms with Gasteiger partial charge in [-0.1, -0.05) is 31.9 Å². The molecule has 0 aliphatic heterocycles. The highest BCUT2D eigenvalue weighted by molar-refractivity contribution is 6.11. The lowest BCUT2D eigenvalue weighted by molar-refractivity contribution is -0.383. The average molecular weight is 272 g/mol. The van der Waals surface area contributed by atoms with Gasteiger partial charge in [0.1, 0.15) is 5.52 Å². The van der Waals surface area contributed by atoms with Crippen LogP contribution in [0.25, 0.3) is 10.9 Å². The highest BCUT2D eigenvalue weighted by Crippen LogP contribution is 2.41. The first-order valence-corrected chi connectivity index (χ1v) is 6.82. The predicted molar refractivity (Wildman–Crippen MR) is 75.9 cm³/mol. The largest absolute Gasteiger partial charge is 0.355 e. The fourth-order valence-corrected chi connectivity index (χ4v) is 3.19. The molecule has 0 radical (unpaired) electrons. The van der Waals surface area contributed by atoms with Crippen molar-refractivity contribution >= 4 is 22.4 Å². The number of nitro benzene ring substituents is 1. The molecule has 1 fully saturated rings. The molecule has 0 unspecified atom stereocenters. The van der Waals surface area contributed by atoms with Crippen molar-refractivity contribution in [3.63, 3.8) is 0 Å². The summed E-state index contributed by atoms with van der Waals surface area (Å²) in [7, 11) is 0. The third-order valence-corrected chi connectivity index (χ3v) is 4.39. The predicted octanol–water partition coefficient (Wildman–Crippen LogP) is 3.84. The number of nitrogens with one attached hydrogen (secondary N) is 1. The molecule has 1 aromatic carbocycles. The second kappa shape index (κ2) is 4.44. The first-order valence-electron chi connectivity index (χ1n) is 6.82. The van der Waals surface area contributed by atoms with E-state index < -0.39 is 4.92 Å². The standard InChI is InChI=1S/C15H16N2O3/c1-15(7-2-3-8-15)14(18)11-9-16-13-10(11)5-4-6-12(13)17(19)20/h4-6,9,16H,2-3,7-8H2,1H3. The Hall–Kier alpha value is -2.17. The summed E-state index contributed by atoms with van der Waals surface area (Å²) in [6.45, 7) is 2.00. The van der Waals surface area contributed by atoms with Gasteiger partial charge < -0.3 is 4.98 Å². The maximum absolute atomic E-state index is 12.7. The van der Waals surface area contributed by atoms with Crippen molar-refractivity contribution in [3.05, 3.63) is 40.1 Å². The zero-order chi connectivity index (χ0) is 14.3. The van der Waals surface area contributed by atoms with E-state index in [9.17, 15) is 14.9 Å². The lowest BCUT2D eigenvalue weighted by Crippen LogP contribution is -2.24. The maximum Gasteiger partial charge on any atom is 0.293 e. The van der Waals surface area contributed by atoms with Crippen LogP contribution in [0.3, 0.4) is 0 Å². The molecular formula is C15H16N2O3. The van der Waals surface area contributed by atoms with Gasteiger partial charge in [-0.15, -0.1) is 0 Å². The van der Waals surface area contributed by atoms with Gasteiger partial charge in [0.2, 0.25) is 0 Å². The van der Waals surface area contributed by atoms with Crippen LogP contribution >= 0.6 is 0 Å². The van der Waals surface area contributed by atoms with Gasteiger partial charge in [-0.2, -0.15) is 0 Å². The summed E-state index contributed by atoms with van der Waals surface area (Å²) in [5.41, 5.74) is 0.702. The molecular weight excluding hydrogens is 256 g/mol. The fourth-order valence-electron chi connectivity index (χ4n) is 3.19. The summed E-state index contributed by atoms with van der Waals surface area (Å²) in [5, 5.41) is 11.7. The van der Waals surface area contributed by atoms with Crippen LogP contribution in [0.5, 0.6) is 0 Å². The summed E-state index contributed by atoms with van der Waals surface area (Å²) in [4.78, 5) is 26.2. The van der Waals surface area contributed by atoms with Gasteiger partial charge in [-0.25, -0.2) is 0 Å². The Morgan fingerprint density at radius 3 is 2.70 bits per heavy atom. The molecule has 1 aliphatic rings. The lowest BCUT2D eigenvalue weighted by atomic mass is 9.81. The summed E-state index contributed by atoms with van der Waals surface area (Å²) in [6, 6.07) is 4.84. The Morgan fingerprint density at radius 2 is 2.05 bits per heavy atom. The van der Waals surface area contributed by atoms with Crippen LogP contribution in [-0.4, -0.2) is 15.7 Å². The third-order valence-electron chi connectivity index (χ3n) is 4.39. The molecule has 1 aromatic heterocycles. The number of rotatable bonds is 3. The van der Waals surface area contributed by atoms with Gasteiger partial charge in [0.15, 0.2) is 5.78 Å². The fraction of sp³-hybridized carbons (Fsp3) is 0.400. The molecule has 0 atom stereocenters. The van der Waals surface area contributed by atoms with E-state index in [2.05, 4.69) is 4.98 Å². The third kappa shape index (κ3) is 1.81. The van der Waals surface area contributed by atoms with Gasteiger partial charge in [0, 0.05) is 28.6 Å². The Balaban J connectivity index is 2.11. The number of aromatic amines is 1. The van der Waals surface area contributed by atoms with Crippen molar-refractivity contribution in [2.45, 2.75) is 32.6 Å². The number of ketones is 1. The number of nitrogens with zero attached hydrogens (tertiary/aromatic N) is 1. The Bertz CT molecular complexity index is 696. The van der Waals surface area contributed by atoms with Gasteiger partial charge >= 0.3 is 0 Å². The number of benzene rings is 1. The second-order valence-corrected chi connectivity index (χ2v) is 5.76. The number of para-hydroxylation sites is 1. The topological polar surface area (TPSA) is 76.0 Å². The Labute approximate surface area is 116 Å². The smallest absolute Gasteiger partial charge is 0.293 e. The number of hydrogen-bond donors (Lipinski definition) is 1. The summed E-state index contributed by atoms with van der Waals surface area (Å²) < 4.78 is 0. The van der Waals surface area contributed by atoms with Crippen LogP contribution in [-0.2, 0) is 0 Å². The number of hydrogen-bond acceptors (Lipinski definition) is 3. The quantitative estimate of drug-likeness (QED) is 0.524. The monoisotopic (exact) mass is 272 g/mol. The average Bonchev–Trinajstić information content (AvgIpc) is 3.04. The van der Waals surface area contributed by atoms with Crippen molar-refractivity contribution in [3.8, 4) is 0 Å². The SMILES string of the molecule is CC1(C(=O)c2c[nH]c3c([N+](=O)[O-])cccc23)CCCC1. The van der Waals surface area contributed by atoms with E-state index in [1.165, 1.54) is 6.07 Å². The number of carbonyl (C=O) groups excluding carboxylic acids is 1. The first kappa shape index (κ1) is 12.8. The van der Waals surface area contributed by atoms with E-state index in [0.29, 0.717) is 16.5 Å². The number of Topliss-reactive ketones (excluding diaryl/α,β-unsaturated/α-hetero) is 1. The normalized spacial score (nSPS) is 17.4.